The van der Waals surface area contributed by atoms with E-state index in [9.17, 15) is 0 Å². The van der Waals surface area contributed by atoms with Gasteiger partial charge in [-0.25, -0.2) is 4.98 Å². The molecule has 1 atom stereocenters. The van der Waals surface area contributed by atoms with Crippen molar-refractivity contribution in [1.82, 2.24) is 4.98 Å². The summed E-state index contributed by atoms with van der Waals surface area (Å²) in [7, 11) is 0. The molecule has 1 aliphatic rings. The van der Waals surface area contributed by atoms with Gasteiger partial charge in [0.1, 0.15) is 5.75 Å². The number of aromatic nitrogens is 1. The van der Waals surface area contributed by atoms with E-state index in [0.29, 0.717) is 6.61 Å². The van der Waals surface area contributed by atoms with Crippen molar-refractivity contribution in [2.45, 2.75) is 38.6 Å². The lowest BCUT2D eigenvalue weighted by atomic mass is 9.88. The molecule has 3 rings (SSSR count). The molecule has 2 N–H and O–H groups in total. The monoisotopic (exact) mass is 288 g/mol. The molecule has 0 saturated carbocycles. The van der Waals surface area contributed by atoms with Gasteiger partial charge in [-0.1, -0.05) is 6.07 Å². The molecular formula is C16H20N2OS. The summed E-state index contributed by atoms with van der Waals surface area (Å²) in [5, 5.41) is 0. The molecular weight excluding hydrogens is 268 g/mol. The van der Waals surface area contributed by atoms with Crippen molar-refractivity contribution in [1.29, 1.82) is 0 Å². The third-order valence-electron chi connectivity index (χ3n) is 3.92. The SMILES string of the molecule is Cc1ncsc1CCOc1ccc2c(c1)CCCC2N. The molecule has 1 aliphatic carbocycles. The van der Waals surface area contributed by atoms with Crippen molar-refractivity contribution in [2.24, 2.45) is 5.73 Å². The molecule has 0 bridgehead atoms. The number of thiazole rings is 1. The van der Waals surface area contributed by atoms with Gasteiger partial charge in [0.15, 0.2) is 0 Å². The number of hydrogen-bond donors (Lipinski definition) is 1. The average Bonchev–Trinajstić information content (AvgIpc) is 2.85. The Labute approximate surface area is 123 Å². The Morgan fingerprint density at radius 2 is 2.35 bits per heavy atom. The minimum absolute atomic E-state index is 0.202. The van der Waals surface area contributed by atoms with Gasteiger partial charge in [-0.15, -0.1) is 11.3 Å². The molecule has 0 spiro atoms. The van der Waals surface area contributed by atoms with Crippen molar-refractivity contribution in [3.05, 3.63) is 45.4 Å². The van der Waals surface area contributed by atoms with Crippen LogP contribution in [0, 0.1) is 6.92 Å². The number of benzene rings is 1. The highest BCUT2D eigenvalue weighted by Gasteiger charge is 2.16. The van der Waals surface area contributed by atoms with Crippen LogP contribution in [0.5, 0.6) is 5.75 Å². The smallest absolute Gasteiger partial charge is 0.119 e. The molecule has 0 radical (unpaired) electrons. The molecule has 1 unspecified atom stereocenters. The van der Waals surface area contributed by atoms with Crippen LogP contribution in [0.1, 0.15) is 40.6 Å². The third kappa shape index (κ3) is 2.86. The van der Waals surface area contributed by atoms with Crippen molar-refractivity contribution < 1.29 is 4.74 Å². The topological polar surface area (TPSA) is 48.1 Å². The standard InChI is InChI=1S/C16H20N2OS/c1-11-16(20-10-18-11)7-8-19-13-5-6-14-12(9-13)3-2-4-15(14)17/h5-6,9-10,15H,2-4,7-8,17H2,1H3. The molecule has 3 nitrogen and oxygen atoms in total. The first-order valence-corrected chi connectivity index (χ1v) is 8.02. The Hall–Kier alpha value is -1.39. The van der Waals surface area contributed by atoms with Gasteiger partial charge in [0.05, 0.1) is 17.8 Å². The van der Waals surface area contributed by atoms with E-state index in [1.807, 2.05) is 18.5 Å². The largest absolute Gasteiger partial charge is 0.493 e. The summed E-state index contributed by atoms with van der Waals surface area (Å²) in [6.45, 7) is 2.75. The van der Waals surface area contributed by atoms with Crippen LogP contribution in [0.4, 0.5) is 0 Å². The summed E-state index contributed by atoms with van der Waals surface area (Å²) in [6, 6.07) is 6.54. The summed E-state index contributed by atoms with van der Waals surface area (Å²) in [5.74, 6) is 0.958. The quantitative estimate of drug-likeness (QED) is 0.938. The van der Waals surface area contributed by atoms with E-state index >= 15 is 0 Å². The van der Waals surface area contributed by atoms with Gasteiger partial charge in [0.25, 0.3) is 0 Å². The molecule has 0 aliphatic heterocycles. The van der Waals surface area contributed by atoms with Gasteiger partial charge in [-0.3, -0.25) is 0 Å². The molecule has 2 aromatic rings. The number of fused-ring (bicyclic) bond motifs is 1. The second kappa shape index (κ2) is 5.94. The van der Waals surface area contributed by atoms with Gasteiger partial charge in [0, 0.05) is 17.3 Å². The fraction of sp³-hybridized carbons (Fsp3) is 0.438. The number of hydrogen-bond acceptors (Lipinski definition) is 4. The second-order valence-corrected chi connectivity index (χ2v) is 6.26. The lowest BCUT2D eigenvalue weighted by molar-refractivity contribution is 0.322. The van der Waals surface area contributed by atoms with Crippen molar-refractivity contribution >= 4 is 11.3 Å². The first kappa shape index (κ1) is 13.6. The Kier molecular flexibility index (Phi) is 4.03. The zero-order valence-corrected chi connectivity index (χ0v) is 12.6. The summed E-state index contributed by atoms with van der Waals surface area (Å²) < 4.78 is 5.87. The van der Waals surface area contributed by atoms with Crippen molar-refractivity contribution in [2.75, 3.05) is 6.61 Å². The molecule has 0 amide bonds. The minimum Gasteiger partial charge on any atom is -0.493 e. The van der Waals surface area contributed by atoms with Crippen LogP contribution in [0.2, 0.25) is 0 Å². The molecule has 0 fully saturated rings. The summed E-state index contributed by atoms with van der Waals surface area (Å²) in [5.41, 5.74) is 11.8. The normalized spacial score (nSPS) is 17.8. The lowest BCUT2D eigenvalue weighted by Crippen LogP contribution is -2.17. The van der Waals surface area contributed by atoms with Crippen molar-refractivity contribution in [3.8, 4) is 5.75 Å². The Balaban J connectivity index is 1.62. The summed E-state index contributed by atoms with van der Waals surface area (Å²) in [4.78, 5) is 5.57. The molecule has 20 heavy (non-hydrogen) atoms. The zero-order chi connectivity index (χ0) is 13.9. The highest BCUT2D eigenvalue weighted by Crippen LogP contribution is 2.30. The molecule has 106 valence electrons. The van der Waals surface area contributed by atoms with Gasteiger partial charge in [-0.2, -0.15) is 0 Å². The van der Waals surface area contributed by atoms with Crippen LogP contribution < -0.4 is 10.5 Å². The minimum atomic E-state index is 0.202. The maximum atomic E-state index is 6.13. The number of nitrogens with two attached hydrogens (primary N) is 1. The molecule has 1 heterocycles. The van der Waals surface area contributed by atoms with E-state index in [2.05, 4.69) is 17.1 Å². The molecule has 1 aromatic heterocycles. The van der Waals surface area contributed by atoms with Gasteiger partial charge in [-0.05, 0) is 49.4 Å². The van der Waals surface area contributed by atoms with E-state index in [-0.39, 0.29) is 6.04 Å². The second-order valence-electron chi connectivity index (χ2n) is 5.32. The first-order valence-electron chi connectivity index (χ1n) is 7.14. The van der Waals surface area contributed by atoms with E-state index in [1.165, 1.54) is 22.4 Å². The summed E-state index contributed by atoms with van der Waals surface area (Å²) >= 11 is 1.70. The Morgan fingerprint density at radius 1 is 1.45 bits per heavy atom. The van der Waals surface area contributed by atoms with E-state index < -0.39 is 0 Å². The van der Waals surface area contributed by atoms with Crippen LogP contribution in [-0.2, 0) is 12.8 Å². The summed E-state index contributed by atoms with van der Waals surface area (Å²) in [6.07, 6.45) is 4.32. The Bertz CT molecular complexity index is 594. The van der Waals surface area contributed by atoms with Crippen molar-refractivity contribution in [3.63, 3.8) is 0 Å². The van der Waals surface area contributed by atoms with Gasteiger partial charge < -0.3 is 10.5 Å². The average molecular weight is 288 g/mol. The van der Waals surface area contributed by atoms with Crippen LogP contribution in [-0.4, -0.2) is 11.6 Å². The van der Waals surface area contributed by atoms with Crippen LogP contribution in [0.3, 0.4) is 0 Å². The lowest BCUT2D eigenvalue weighted by Gasteiger charge is -2.22. The number of rotatable bonds is 4. The van der Waals surface area contributed by atoms with Crippen LogP contribution >= 0.6 is 11.3 Å². The molecule has 1 aromatic carbocycles. The van der Waals surface area contributed by atoms with Crippen LogP contribution in [0.15, 0.2) is 23.7 Å². The molecule has 0 saturated heterocycles. The van der Waals surface area contributed by atoms with Gasteiger partial charge >= 0.3 is 0 Å². The number of ether oxygens (including phenoxy) is 1. The number of nitrogens with zero attached hydrogens (tertiary/aromatic N) is 1. The predicted molar refractivity (Wildman–Crippen MR) is 82.4 cm³/mol. The predicted octanol–water partition coefficient (Wildman–Crippen LogP) is 3.41. The number of aryl methyl sites for hydroxylation is 2. The highest BCUT2D eigenvalue weighted by molar-refractivity contribution is 7.09. The third-order valence-corrected chi connectivity index (χ3v) is 4.91. The fourth-order valence-electron chi connectivity index (χ4n) is 2.75. The molecule has 4 heteroatoms. The van der Waals surface area contributed by atoms with E-state index in [4.69, 9.17) is 10.5 Å². The highest BCUT2D eigenvalue weighted by atomic mass is 32.1. The van der Waals surface area contributed by atoms with Crippen LogP contribution in [0.25, 0.3) is 0 Å². The van der Waals surface area contributed by atoms with E-state index in [0.717, 1.165) is 30.7 Å². The Morgan fingerprint density at radius 3 is 3.15 bits per heavy atom. The van der Waals surface area contributed by atoms with E-state index in [1.54, 1.807) is 11.3 Å². The maximum Gasteiger partial charge on any atom is 0.119 e. The first-order chi connectivity index (χ1) is 9.74. The maximum absolute atomic E-state index is 6.13. The fourth-order valence-corrected chi connectivity index (χ4v) is 3.51. The zero-order valence-electron chi connectivity index (χ0n) is 11.8. The van der Waals surface area contributed by atoms with Gasteiger partial charge in [0.2, 0.25) is 0 Å².